The van der Waals surface area contributed by atoms with E-state index in [1.807, 2.05) is 24.3 Å². The standard InChI is InChI=1S/C19H17Cl2N3O/c1-2-24-16-9-4-3-8-15(16)23-17(24)12-22-18(25)11-10-13-6-5-7-14(20)19(13)21/h3-11H,2,12H2,1H3,(H,22,25)/b11-10+. The highest BCUT2D eigenvalue weighted by Gasteiger charge is 2.09. The molecular formula is C19H17Cl2N3O. The van der Waals surface area contributed by atoms with Crippen molar-refractivity contribution in [2.24, 2.45) is 0 Å². The van der Waals surface area contributed by atoms with Crippen LogP contribution < -0.4 is 5.32 Å². The number of para-hydroxylation sites is 2. The van der Waals surface area contributed by atoms with E-state index in [1.165, 1.54) is 6.08 Å². The number of benzene rings is 2. The molecule has 1 aromatic heterocycles. The monoisotopic (exact) mass is 373 g/mol. The van der Waals surface area contributed by atoms with Gasteiger partial charge in [-0.1, -0.05) is 47.5 Å². The Morgan fingerprint density at radius 1 is 1.20 bits per heavy atom. The number of hydrogen-bond donors (Lipinski definition) is 1. The van der Waals surface area contributed by atoms with Crippen molar-refractivity contribution in [2.45, 2.75) is 20.0 Å². The number of imidazole rings is 1. The number of halogens is 2. The zero-order chi connectivity index (χ0) is 17.8. The number of carbonyl (C=O) groups excluding carboxylic acids is 1. The Morgan fingerprint density at radius 3 is 2.80 bits per heavy atom. The molecule has 0 aliphatic heterocycles. The molecule has 1 N–H and O–H groups in total. The van der Waals surface area contributed by atoms with Crippen molar-refractivity contribution in [3.05, 3.63) is 70.0 Å². The average Bonchev–Trinajstić information content (AvgIpc) is 2.98. The zero-order valence-electron chi connectivity index (χ0n) is 13.7. The summed E-state index contributed by atoms with van der Waals surface area (Å²) in [4.78, 5) is 16.7. The van der Waals surface area contributed by atoms with Gasteiger partial charge in [0.05, 0.1) is 27.6 Å². The Morgan fingerprint density at radius 2 is 2.00 bits per heavy atom. The molecule has 0 bridgehead atoms. The largest absolute Gasteiger partial charge is 0.345 e. The smallest absolute Gasteiger partial charge is 0.244 e. The molecule has 0 aliphatic rings. The maximum Gasteiger partial charge on any atom is 0.244 e. The molecule has 1 heterocycles. The molecule has 0 unspecified atom stereocenters. The number of nitrogens with zero attached hydrogens (tertiary/aromatic N) is 2. The van der Waals surface area contributed by atoms with Gasteiger partial charge in [-0.25, -0.2) is 4.98 Å². The number of aryl methyl sites for hydroxylation is 1. The van der Waals surface area contributed by atoms with Gasteiger partial charge in [-0.2, -0.15) is 0 Å². The van der Waals surface area contributed by atoms with Crippen LogP contribution in [0.25, 0.3) is 17.1 Å². The van der Waals surface area contributed by atoms with Gasteiger partial charge in [0.15, 0.2) is 0 Å². The van der Waals surface area contributed by atoms with Crippen LogP contribution in [0.1, 0.15) is 18.3 Å². The van der Waals surface area contributed by atoms with Crippen LogP contribution in [0.4, 0.5) is 0 Å². The predicted molar refractivity (Wildman–Crippen MR) is 103 cm³/mol. The van der Waals surface area contributed by atoms with E-state index < -0.39 is 0 Å². The number of amides is 1. The molecule has 0 fully saturated rings. The highest BCUT2D eigenvalue weighted by molar-refractivity contribution is 6.42. The number of rotatable bonds is 5. The summed E-state index contributed by atoms with van der Waals surface area (Å²) in [5.74, 6) is 0.608. The lowest BCUT2D eigenvalue weighted by atomic mass is 10.2. The van der Waals surface area contributed by atoms with E-state index in [0.717, 1.165) is 23.4 Å². The first-order valence-corrected chi connectivity index (χ1v) is 8.69. The van der Waals surface area contributed by atoms with Crippen LogP contribution in [-0.2, 0) is 17.9 Å². The molecule has 3 aromatic rings. The third-order valence-corrected chi connectivity index (χ3v) is 4.70. The topological polar surface area (TPSA) is 46.9 Å². The van der Waals surface area contributed by atoms with Gasteiger partial charge in [0, 0.05) is 12.6 Å². The molecule has 0 atom stereocenters. The van der Waals surface area contributed by atoms with Gasteiger partial charge >= 0.3 is 0 Å². The van der Waals surface area contributed by atoms with E-state index in [4.69, 9.17) is 23.2 Å². The number of fused-ring (bicyclic) bond motifs is 1. The van der Waals surface area contributed by atoms with Crippen molar-refractivity contribution in [1.82, 2.24) is 14.9 Å². The van der Waals surface area contributed by atoms with Gasteiger partial charge in [-0.15, -0.1) is 0 Å². The first-order chi connectivity index (χ1) is 12.1. The van der Waals surface area contributed by atoms with Crippen LogP contribution in [0.2, 0.25) is 10.0 Å². The highest BCUT2D eigenvalue weighted by Crippen LogP contribution is 2.26. The lowest BCUT2D eigenvalue weighted by molar-refractivity contribution is -0.116. The van der Waals surface area contributed by atoms with Gasteiger partial charge in [0.2, 0.25) is 5.91 Å². The summed E-state index contributed by atoms with van der Waals surface area (Å²) < 4.78 is 2.09. The number of carbonyl (C=O) groups is 1. The van der Waals surface area contributed by atoms with Gasteiger partial charge in [-0.3, -0.25) is 4.79 Å². The van der Waals surface area contributed by atoms with Crippen molar-refractivity contribution in [3.8, 4) is 0 Å². The van der Waals surface area contributed by atoms with E-state index in [0.29, 0.717) is 22.2 Å². The lowest BCUT2D eigenvalue weighted by Gasteiger charge is -2.06. The molecule has 0 saturated carbocycles. The van der Waals surface area contributed by atoms with Crippen molar-refractivity contribution in [3.63, 3.8) is 0 Å². The Bertz CT molecular complexity index is 947. The van der Waals surface area contributed by atoms with E-state index in [-0.39, 0.29) is 5.91 Å². The molecule has 4 nitrogen and oxygen atoms in total. The maximum absolute atomic E-state index is 12.1. The summed E-state index contributed by atoms with van der Waals surface area (Å²) in [6, 6.07) is 13.2. The molecule has 128 valence electrons. The molecule has 6 heteroatoms. The van der Waals surface area contributed by atoms with Crippen molar-refractivity contribution < 1.29 is 4.79 Å². The third kappa shape index (κ3) is 3.86. The summed E-state index contributed by atoms with van der Waals surface area (Å²) in [6.07, 6.45) is 3.09. The molecule has 3 rings (SSSR count). The fraction of sp³-hybridized carbons (Fsp3) is 0.158. The lowest BCUT2D eigenvalue weighted by Crippen LogP contribution is -2.22. The van der Waals surface area contributed by atoms with Crippen molar-refractivity contribution in [1.29, 1.82) is 0 Å². The van der Waals surface area contributed by atoms with Gasteiger partial charge in [-0.05, 0) is 36.8 Å². The minimum absolute atomic E-state index is 0.217. The number of hydrogen-bond acceptors (Lipinski definition) is 2. The second-order valence-corrected chi connectivity index (χ2v) is 6.24. The van der Waals surface area contributed by atoms with Crippen LogP contribution in [-0.4, -0.2) is 15.5 Å². The SMILES string of the molecule is CCn1c(CNC(=O)/C=C/c2cccc(Cl)c2Cl)nc2ccccc21. The first-order valence-electron chi connectivity index (χ1n) is 7.94. The minimum atomic E-state index is -0.217. The van der Waals surface area contributed by atoms with Crippen LogP contribution in [0.3, 0.4) is 0 Å². The molecule has 0 radical (unpaired) electrons. The Labute approximate surface area is 156 Å². The van der Waals surface area contributed by atoms with Crippen molar-refractivity contribution >= 4 is 46.2 Å². The fourth-order valence-corrected chi connectivity index (χ4v) is 3.02. The van der Waals surface area contributed by atoms with Crippen molar-refractivity contribution in [2.75, 3.05) is 0 Å². The molecule has 0 saturated heterocycles. The second kappa shape index (κ2) is 7.72. The van der Waals surface area contributed by atoms with Crippen LogP contribution >= 0.6 is 23.2 Å². The van der Waals surface area contributed by atoms with Gasteiger partial charge in [0.1, 0.15) is 5.82 Å². The second-order valence-electron chi connectivity index (χ2n) is 5.46. The van der Waals surface area contributed by atoms with E-state index >= 15 is 0 Å². The first kappa shape index (κ1) is 17.5. The Kier molecular flexibility index (Phi) is 5.41. The average molecular weight is 374 g/mol. The van der Waals surface area contributed by atoms with Crippen LogP contribution in [0, 0.1) is 0 Å². The molecule has 0 spiro atoms. The third-order valence-electron chi connectivity index (χ3n) is 3.87. The van der Waals surface area contributed by atoms with Crippen LogP contribution in [0.5, 0.6) is 0 Å². The number of nitrogens with one attached hydrogen (secondary N) is 1. The molecular weight excluding hydrogens is 357 g/mol. The molecule has 25 heavy (non-hydrogen) atoms. The van der Waals surface area contributed by atoms with E-state index in [2.05, 4.69) is 21.8 Å². The summed E-state index contributed by atoms with van der Waals surface area (Å²) in [5, 5.41) is 3.74. The quantitative estimate of drug-likeness (QED) is 0.659. The molecule has 2 aromatic carbocycles. The molecule has 1 amide bonds. The van der Waals surface area contributed by atoms with E-state index in [9.17, 15) is 4.79 Å². The van der Waals surface area contributed by atoms with Gasteiger partial charge < -0.3 is 9.88 Å². The predicted octanol–water partition coefficient (Wildman–Crippen LogP) is 4.69. The summed E-state index contributed by atoms with van der Waals surface area (Å²) >= 11 is 12.1. The fourth-order valence-electron chi connectivity index (χ4n) is 2.65. The van der Waals surface area contributed by atoms with Crippen LogP contribution in [0.15, 0.2) is 48.5 Å². The number of aromatic nitrogens is 2. The summed E-state index contributed by atoms with van der Waals surface area (Å²) in [6.45, 7) is 3.20. The molecule has 0 aliphatic carbocycles. The highest BCUT2D eigenvalue weighted by atomic mass is 35.5. The Hall–Kier alpha value is -2.30. The summed E-state index contributed by atoms with van der Waals surface area (Å²) in [7, 11) is 0. The maximum atomic E-state index is 12.1. The minimum Gasteiger partial charge on any atom is -0.345 e. The summed E-state index contributed by atoms with van der Waals surface area (Å²) in [5.41, 5.74) is 2.69. The normalized spacial score (nSPS) is 11.3. The van der Waals surface area contributed by atoms with Gasteiger partial charge in [0.25, 0.3) is 0 Å². The zero-order valence-corrected chi connectivity index (χ0v) is 15.2. The Balaban J connectivity index is 1.70. The van der Waals surface area contributed by atoms with E-state index in [1.54, 1.807) is 24.3 Å².